The minimum absolute atomic E-state index is 0.327. The van der Waals surface area contributed by atoms with Crippen molar-refractivity contribution in [2.75, 3.05) is 0 Å². The third-order valence-electron chi connectivity index (χ3n) is 3.55. The maximum atomic E-state index is 4.22. The summed E-state index contributed by atoms with van der Waals surface area (Å²) < 4.78 is 1.85. The molecule has 0 spiro atoms. The van der Waals surface area contributed by atoms with Crippen LogP contribution in [0.2, 0.25) is 0 Å². The molecule has 0 radical (unpaired) electrons. The van der Waals surface area contributed by atoms with Gasteiger partial charge in [-0.1, -0.05) is 24.3 Å². The minimum atomic E-state index is 0.327. The predicted molar refractivity (Wildman–Crippen MR) is 79.1 cm³/mol. The van der Waals surface area contributed by atoms with Crippen molar-refractivity contribution in [3.63, 3.8) is 0 Å². The first-order valence-corrected chi connectivity index (χ1v) is 6.85. The molecule has 3 nitrogen and oxygen atoms in total. The highest BCUT2D eigenvalue weighted by atomic mass is 15.2. The second kappa shape index (κ2) is 6.02. The summed E-state index contributed by atoms with van der Waals surface area (Å²) >= 11 is 0. The van der Waals surface area contributed by atoms with E-state index in [1.54, 1.807) is 0 Å². The van der Waals surface area contributed by atoms with Crippen LogP contribution in [0.25, 0.3) is 0 Å². The van der Waals surface area contributed by atoms with Crippen LogP contribution in [0.3, 0.4) is 0 Å². The van der Waals surface area contributed by atoms with Gasteiger partial charge in [0.05, 0.1) is 6.20 Å². The Morgan fingerprint density at radius 2 is 2.00 bits per heavy atom. The summed E-state index contributed by atoms with van der Waals surface area (Å²) in [5.41, 5.74) is 4.02. The highest BCUT2D eigenvalue weighted by Gasteiger charge is 2.12. The minimum Gasteiger partial charge on any atom is -0.307 e. The monoisotopic (exact) mass is 257 g/mol. The molecule has 2 unspecified atom stereocenters. The molecule has 2 atom stereocenters. The van der Waals surface area contributed by atoms with Gasteiger partial charge in [0.25, 0.3) is 0 Å². The molecule has 0 aliphatic heterocycles. The number of benzene rings is 1. The first kappa shape index (κ1) is 13.8. The Kier molecular flexibility index (Phi) is 4.38. The summed E-state index contributed by atoms with van der Waals surface area (Å²) in [4.78, 5) is 0. The number of nitrogens with zero attached hydrogens (tertiary/aromatic N) is 2. The fourth-order valence-electron chi connectivity index (χ4n) is 2.41. The molecule has 0 aliphatic carbocycles. The second-order valence-electron chi connectivity index (χ2n) is 5.37. The van der Waals surface area contributed by atoms with Crippen molar-refractivity contribution in [2.45, 2.75) is 39.3 Å². The summed E-state index contributed by atoms with van der Waals surface area (Å²) in [6, 6.07) is 9.35. The van der Waals surface area contributed by atoms with Crippen LogP contribution in [-0.2, 0) is 13.5 Å². The van der Waals surface area contributed by atoms with Gasteiger partial charge in [0, 0.05) is 30.9 Å². The molecule has 0 amide bonds. The largest absolute Gasteiger partial charge is 0.307 e. The summed E-state index contributed by atoms with van der Waals surface area (Å²) in [6.45, 7) is 6.59. The van der Waals surface area contributed by atoms with Crippen molar-refractivity contribution in [3.8, 4) is 0 Å². The molecule has 0 saturated carbocycles. The molecule has 102 valence electrons. The van der Waals surface area contributed by atoms with E-state index in [0.717, 1.165) is 6.42 Å². The Hall–Kier alpha value is -1.61. The Bertz CT molecular complexity index is 530. The zero-order chi connectivity index (χ0) is 13.8. The zero-order valence-corrected chi connectivity index (χ0v) is 12.2. The molecule has 1 aromatic carbocycles. The smallest absolute Gasteiger partial charge is 0.0537 e. The lowest BCUT2D eigenvalue weighted by atomic mass is 10.0. The number of nitrogens with one attached hydrogen (secondary N) is 1. The van der Waals surface area contributed by atoms with E-state index in [1.165, 1.54) is 16.7 Å². The maximum absolute atomic E-state index is 4.22. The number of aryl methyl sites for hydroxylation is 2. The third-order valence-corrected chi connectivity index (χ3v) is 3.55. The molecule has 1 N–H and O–H groups in total. The van der Waals surface area contributed by atoms with E-state index in [4.69, 9.17) is 0 Å². The zero-order valence-electron chi connectivity index (χ0n) is 12.2. The highest BCUT2D eigenvalue weighted by Crippen LogP contribution is 2.14. The van der Waals surface area contributed by atoms with Crippen molar-refractivity contribution in [1.82, 2.24) is 15.1 Å². The molecular formula is C16H23N3. The van der Waals surface area contributed by atoms with E-state index in [9.17, 15) is 0 Å². The quantitative estimate of drug-likeness (QED) is 0.892. The summed E-state index contributed by atoms with van der Waals surface area (Å²) in [7, 11) is 1.95. The van der Waals surface area contributed by atoms with Gasteiger partial charge in [-0.3, -0.25) is 4.68 Å². The van der Waals surface area contributed by atoms with Gasteiger partial charge in [-0.2, -0.15) is 5.10 Å². The van der Waals surface area contributed by atoms with E-state index >= 15 is 0 Å². The Balaban J connectivity index is 1.94. The third kappa shape index (κ3) is 3.67. The molecule has 0 bridgehead atoms. The van der Waals surface area contributed by atoms with Gasteiger partial charge in [-0.05, 0) is 38.3 Å². The number of hydrogen-bond donors (Lipinski definition) is 1. The van der Waals surface area contributed by atoms with Gasteiger partial charge in [0.1, 0.15) is 0 Å². The van der Waals surface area contributed by atoms with Gasteiger partial charge < -0.3 is 5.32 Å². The Labute approximate surface area is 115 Å². The van der Waals surface area contributed by atoms with E-state index in [0.29, 0.717) is 12.1 Å². The highest BCUT2D eigenvalue weighted by molar-refractivity contribution is 5.26. The van der Waals surface area contributed by atoms with Crippen LogP contribution in [-0.4, -0.2) is 15.8 Å². The molecule has 19 heavy (non-hydrogen) atoms. The Morgan fingerprint density at radius 3 is 2.63 bits per heavy atom. The van der Waals surface area contributed by atoms with Crippen LogP contribution in [0.4, 0.5) is 0 Å². The first-order chi connectivity index (χ1) is 9.06. The van der Waals surface area contributed by atoms with E-state index in [2.05, 4.69) is 61.6 Å². The van der Waals surface area contributed by atoms with Crippen LogP contribution in [0.15, 0.2) is 36.7 Å². The average Bonchev–Trinajstić information content (AvgIpc) is 2.79. The normalized spacial score (nSPS) is 14.3. The molecular weight excluding hydrogens is 234 g/mol. The van der Waals surface area contributed by atoms with Crippen molar-refractivity contribution in [2.24, 2.45) is 7.05 Å². The van der Waals surface area contributed by atoms with Crippen molar-refractivity contribution in [3.05, 3.63) is 53.3 Å². The van der Waals surface area contributed by atoms with Gasteiger partial charge in [-0.15, -0.1) is 0 Å². The van der Waals surface area contributed by atoms with Crippen LogP contribution in [0, 0.1) is 6.92 Å². The average molecular weight is 257 g/mol. The van der Waals surface area contributed by atoms with Gasteiger partial charge >= 0.3 is 0 Å². The lowest BCUT2D eigenvalue weighted by Gasteiger charge is -2.20. The van der Waals surface area contributed by atoms with Crippen molar-refractivity contribution < 1.29 is 0 Å². The summed E-state index contributed by atoms with van der Waals surface area (Å²) in [5, 5.41) is 7.85. The summed E-state index contributed by atoms with van der Waals surface area (Å²) in [6.07, 6.45) is 5.05. The fraction of sp³-hybridized carbons (Fsp3) is 0.438. The lowest BCUT2D eigenvalue weighted by molar-refractivity contribution is 0.476. The van der Waals surface area contributed by atoms with Crippen LogP contribution in [0.1, 0.15) is 36.6 Å². The molecule has 0 fully saturated rings. The maximum Gasteiger partial charge on any atom is 0.0537 e. The van der Waals surface area contributed by atoms with Gasteiger partial charge in [-0.25, -0.2) is 0 Å². The Morgan fingerprint density at radius 1 is 1.26 bits per heavy atom. The second-order valence-corrected chi connectivity index (χ2v) is 5.37. The SMILES string of the molecule is Cc1ccccc1CC(C)NC(C)c1cnn(C)c1. The topological polar surface area (TPSA) is 29.9 Å². The standard InChI is InChI=1S/C16H23N3/c1-12-7-5-6-8-15(12)9-13(2)18-14(3)16-10-17-19(4)11-16/h5-8,10-11,13-14,18H,9H2,1-4H3. The molecule has 3 heteroatoms. The van der Waals surface area contributed by atoms with Gasteiger partial charge in [0.15, 0.2) is 0 Å². The van der Waals surface area contributed by atoms with Gasteiger partial charge in [0.2, 0.25) is 0 Å². The van der Waals surface area contributed by atoms with Crippen molar-refractivity contribution in [1.29, 1.82) is 0 Å². The molecule has 2 rings (SSSR count). The number of hydrogen-bond acceptors (Lipinski definition) is 2. The van der Waals surface area contributed by atoms with Crippen LogP contribution < -0.4 is 5.32 Å². The fourth-order valence-corrected chi connectivity index (χ4v) is 2.41. The molecule has 0 aliphatic rings. The first-order valence-electron chi connectivity index (χ1n) is 6.85. The van der Waals surface area contributed by atoms with Crippen LogP contribution >= 0.6 is 0 Å². The molecule has 0 saturated heterocycles. The number of rotatable bonds is 5. The summed E-state index contributed by atoms with van der Waals surface area (Å²) in [5.74, 6) is 0. The van der Waals surface area contributed by atoms with E-state index in [-0.39, 0.29) is 0 Å². The predicted octanol–water partition coefficient (Wildman–Crippen LogP) is 3.01. The number of aromatic nitrogens is 2. The molecule has 1 heterocycles. The molecule has 1 aromatic heterocycles. The van der Waals surface area contributed by atoms with E-state index in [1.807, 2.05) is 17.9 Å². The van der Waals surface area contributed by atoms with E-state index < -0.39 is 0 Å². The van der Waals surface area contributed by atoms with Crippen LogP contribution in [0.5, 0.6) is 0 Å². The van der Waals surface area contributed by atoms with Crippen molar-refractivity contribution >= 4 is 0 Å². The lowest BCUT2D eigenvalue weighted by Crippen LogP contribution is -2.30. The molecule has 2 aromatic rings.